The van der Waals surface area contributed by atoms with E-state index in [1.807, 2.05) is 0 Å². The monoisotopic (exact) mass is 420 g/mol. The molecule has 0 atom stereocenters. The zero-order chi connectivity index (χ0) is 21.4. The molecule has 3 aromatic heterocycles. The maximum absolute atomic E-state index is 12.5. The Balaban J connectivity index is 1.31. The van der Waals surface area contributed by atoms with Gasteiger partial charge in [0.15, 0.2) is 0 Å². The summed E-state index contributed by atoms with van der Waals surface area (Å²) in [6, 6.07) is 5.76. The fourth-order valence-electron chi connectivity index (χ4n) is 2.48. The van der Waals surface area contributed by atoms with Crippen molar-refractivity contribution < 1.29 is 22.5 Å². The van der Waals surface area contributed by atoms with Crippen LogP contribution in [-0.4, -0.2) is 39.1 Å². The van der Waals surface area contributed by atoms with Gasteiger partial charge in [0.1, 0.15) is 5.82 Å². The van der Waals surface area contributed by atoms with E-state index < -0.39 is 11.7 Å². The number of nitrogens with one attached hydrogen (secondary N) is 2. The van der Waals surface area contributed by atoms with Gasteiger partial charge in [-0.25, -0.2) is 4.98 Å². The van der Waals surface area contributed by atoms with E-state index in [4.69, 9.17) is 4.52 Å². The molecule has 0 unspecified atom stereocenters. The summed E-state index contributed by atoms with van der Waals surface area (Å²) in [5, 5.41) is 9.54. The first kappa shape index (κ1) is 21.2. The number of aryl methyl sites for hydroxylation is 1. The Morgan fingerprint density at radius 1 is 1.10 bits per heavy atom. The van der Waals surface area contributed by atoms with Crippen LogP contribution >= 0.6 is 0 Å². The molecule has 11 heteroatoms. The quantitative estimate of drug-likeness (QED) is 0.513. The number of aromatic nitrogens is 4. The summed E-state index contributed by atoms with van der Waals surface area (Å²) in [6.45, 7) is 0.871. The summed E-state index contributed by atoms with van der Waals surface area (Å²) >= 11 is 0. The molecule has 0 saturated heterocycles. The van der Waals surface area contributed by atoms with E-state index in [2.05, 4.69) is 30.7 Å². The van der Waals surface area contributed by atoms with Crippen LogP contribution in [0, 0.1) is 0 Å². The minimum absolute atomic E-state index is 0.161. The van der Waals surface area contributed by atoms with E-state index in [-0.39, 0.29) is 12.3 Å². The van der Waals surface area contributed by atoms with Crippen molar-refractivity contribution in [1.82, 2.24) is 25.4 Å². The van der Waals surface area contributed by atoms with E-state index in [1.54, 1.807) is 24.5 Å². The van der Waals surface area contributed by atoms with Gasteiger partial charge in [0, 0.05) is 50.1 Å². The lowest BCUT2D eigenvalue weighted by atomic mass is 10.2. The normalized spacial score (nSPS) is 11.3. The number of alkyl halides is 3. The lowest BCUT2D eigenvalue weighted by molar-refractivity contribution is -0.137. The predicted molar refractivity (Wildman–Crippen MR) is 101 cm³/mol. The molecule has 0 radical (unpaired) electrons. The summed E-state index contributed by atoms with van der Waals surface area (Å²) in [7, 11) is 0. The highest BCUT2D eigenvalue weighted by molar-refractivity contribution is 5.76. The summed E-state index contributed by atoms with van der Waals surface area (Å²) < 4.78 is 42.6. The Morgan fingerprint density at radius 2 is 1.90 bits per heavy atom. The molecule has 1 amide bonds. The number of hydrogen-bond donors (Lipinski definition) is 2. The molecule has 0 bridgehead atoms. The average molecular weight is 420 g/mol. The number of halogens is 3. The number of nitrogens with zero attached hydrogens (tertiary/aromatic N) is 4. The molecule has 0 aliphatic heterocycles. The Bertz CT molecular complexity index is 945. The van der Waals surface area contributed by atoms with Crippen LogP contribution in [0.15, 0.2) is 47.4 Å². The lowest BCUT2D eigenvalue weighted by Crippen LogP contribution is -2.26. The van der Waals surface area contributed by atoms with Crippen molar-refractivity contribution in [2.24, 2.45) is 0 Å². The first-order valence-electron chi connectivity index (χ1n) is 9.18. The summed E-state index contributed by atoms with van der Waals surface area (Å²) in [5.74, 6) is 0.991. The van der Waals surface area contributed by atoms with E-state index >= 15 is 0 Å². The largest absolute Gasteiger partial charge is 0.417 e. The minimum Gasteiger partial charge on any atom is -0.370 e. The first-order chi connectivity index (χ1) is 14.4. The molecule has 158 valence electrons. The molecular formula is C19H19F3N6O2. The Kier molecular flexibility index (Phi) is 6.94. The van der Waals surface area contributed by atoms with Gasteiger partial charge in [0.25, 0.3) is 0 Å². The Labute approximate surface area is 169 Å². The summed E-state index contributed by atoms with van der Waals surface area (Å²) in [4.78, 5) is 23.8. The number of amides is 1. The number of carbonyl (C=O) groups excluding carboxylic acids is 1. The van der Waals surface area contributed by atoms with Gasteiger partial charge < -0.3 is 15.2 Å². The van der Waals surface area contributed by atoms with Gasteiger partial charge in [0.05, 0.1) is 5.56 Å². The van der Waals surface area contributed by atoms with Crippen molar-refractivity contribution in [1.29, 1.82) is 0 Å². The fourth-order valence-corrected chi connectivity index (χ4v) is 2.48. The number of carbonyl (C=O) groups is 1. The summed E-state index contributed by atoms with van der Waals surface area (Å²) in [6.07, 6.45) is 0.729. The van der Waals surface area contributed by atoms with Crippen LogP contribution in [0.3, 0.4) is 0 Å². The molecule has 30 heavy (non-hydrogen) atoms. The molecule has 2 N–H and O–H groups in total. The molecule has 3 aromatic rings. The summed E-state index contributed by atoms with van der Waals surface area (Å²) in [5.41, 5.74) is -0.0195. The van der Waals surface area contributed by atoms with Crippen molar-refractivity contribution in [3.05, 3.63) is 54.3 Å². The van der Waals surface area contributed by atoms with E-state index in [1.165, 1.54) is 6.07 Å². The number of pyridine rings is 2. The number of hydrogen-bond acceptors (Lipinski definition) is 7. The van der Waals surface area contributed by atoms with Crippen LogP contribution in [0.2, 0.25) is 0 Å². The van der Waals surface area contributed by atoms with Gasteiger partial charge in [-0.05, 0) is 30.7 Å². The van der Waals surface area contributed by atoms with Gasteiger partial charge in [0.2, 0.25) is 17.6 Å². The van der Waals surface area contributed by atoms with E-state index in [0.717, 1.165) is 17.8 Å². The topological polar surface area (TPSA) is 106 Å². The standard InChI is InChI=1S/C19H19F3N6O2/c20-19(21,22)14-2-3-15(26-12-14)24-8-1-9-25-16(29)4-5-17-27-18(28-30-17)13-6-10-23-11-7-13/h2-3,6-7,10-12H,1,4-5,8-9H2,(H,24,26)(H,25,29). The smallest absolute Gasteiger partial charge is 0.370 e. The maximum Gasteiger partial charge on any atom is 0.417 e. The average Bonchev–Trinajstić information content (AvgIpc) is 3.21. The molecule has 0 spiro atoms. The molecular weight excluding hydrogens is 401 g/mol. The van der Waals surface area contributed by atoms with Crippen LogP contribution in [0.25, 0.3) is 11.4 Å². The van der Waals surface area contributed by atoms with Crippen LogP contribution in [0.5, 0.6) is 0 Å². The third-order valence-electron chi connectivity index (χ3n) is 4.05. The number of rotatable bonds is 9. The van der Waals surface area contributed by atoms with Gasteiger partial charge in [-0.15, -0.1) is 0 Å². The number of anilines is 1. The van der Waals surface area contributed by atoms with Crippen molar-refractivity contribution >= 4 is 11.7 Å². The molecule has 0 fully saturated rings. The SMILES string of the molecule is O=C(CCc1nc(-c2ccncc2)no1)NCCCNc1ccc(C(F)(F)F)cn1. The highest BCUT2D eigenvalue weighted by Gasteiger charge is 2.30. The van der Waals surface area contributed by atoms with Gasteiger partial charge >= 0.3 is 6.18 Å². The van der Waals surface area contributed by atoms with Gasteiger partial charge in [-0.2, -0.15) is 18.2 Å². The zero-order valence-electron chi connectivity index (χ0n) is 15.8. The van der Waals surface area contributed by atoms with Crippen molar-refractivity contribution in [2.45, 2.75) is 25.4 Å². The molecule has 3 rings (SSSR count). The van der Waals surface area contributed by atoms with Gasteiger partial charge in [-0.1, -0.05) is 5.16 Å². The molecule has 0 aliphatic rings. The molecule has 0 aromatic carbocycles. The lowest BCUT2D eigenvalue weighted by Gasteiger charge is -2.09. The van der Waals surface area contributed by atoms with Gasteiger partial charge in [-0.3, -0.25) is 9.78 Å². The Morgan fingerprint density at radius 3 is 2.60 bits per heavy atom. The van der Waals surface area contributed by atoms with Crippen LogP contribution in [0.4, 0.5) is 19.0 Å². The highest BCUT2D eigenvalue weighted by Crippen LogP contribution is 2.28. The fraction of sp³-hybridized carbons (Fsp3) is 0.316. The molecule has 8 nitrogen and oxygen atoms in total. The van der Waals surface area contributed by atoms with Crippen LogP contribution in [0.1, 0.15) is 24.3 Å². The van der Waals surface area contributed by atoms with E-state index in [0.29, 0.717) is 43.5 Å². The van der Waals surface area contributed by atoms with E-state index in [9.17, 15) is 18.0 Å². The highest BCUT2D eigenvalue weighted by atomic mass is 19.4. The van der Waals surface area contributed by atoms with Crippen LogP contribution in [-0.2, 0) is 17.4 Å². The first-order valence-corrected chi connectivity index (χ1v) is 9.18. The molecule has 3 heterocycles. The van der Waals surface area contributed by atoms with Crippen molar-refractivity contribution in [3.63, 3.8) is 0 Å². The van der Waals surface area contributed by atoms with Crippen molar-refractivity contribution in [3.8, 4) is 11.4 Å². The molecule has 0 aliphatic carbocycles. The third kappa shape index (κ3) is 6.26. The Hall–Kier alpha value is -3.50. The minimum atomic E-state index is -4.41. The van der Waals surface area contributed by atoms with Crippen LogP contribution < -0.4 is 10.6 Å². The third-order valence-corrected chi connectivity index (χ3v) is 4.05. The second kappa shape index (κ2) is 9.81. The predicted octanol–water partition coefficient (Wildman–Crippen LogP) is 3.10. The maximum atomic E-state index is 12.5. The van der Waals surface area contributed by atoms with Crippen molar-refractivity contribution in [2.75, 3.05) is 18.4 Å². The second-order valence-electron chi connectivity index (χ2n) is 6.31. The zero-order valence-corrected chi connectivity index (χ0v) is 15.8. The second-order valence-corrected chi connectivity index (χ2v) is 6.31. The molecule has 0 saturated carbocycles.